The SMILES string of the molecule is O=C(c1coc(CSc2nnc(-c3ccccc3Cl)n2-c2ccccc2)n1)N1CCC2(CC1)OCCO2. The van der Waals surface area contributed by atoms with Gasteiger partial charge in [0, 0.05) is 37.2 Å². The van der Waals surface area contributed by atoms with Crippen molar-refractivity contribution in [1.82, 2.24) is 24.6 Å². The summed E-state index contributed by atoms with van der Waals surface area (Å²) >= 11 is 7.89. The molecule has 0 N–H and O–H groups in total. The Hall–Kier alpha value is -3.18. The van der Waals surface area contributed by atoms with Crippen LogP contribution in [0.15, 0.2) is 70.4 Å². The van der Waals surface area contributed by atoms with Gasteiger partial charge >= 0.3 is 0 Å². The second kappa shape index (κ2) is 10.3. The normalized spacial score (nSPS) is 16.9. The van der Waals surface area contributed by atoms with Gasteiger partial charge in [0.05, 0.1) is 24.0 Å². The monoisotopic (exact) mass is 537 g/mol. The number of carbonyl (C=O) groups excluding carboxylic acids is 1. The Morgan fingerprint density at radius 1 is 1.00 bits per heavy atom. The lowest BCUT2D eigenvalue weighted by Gasteiger charge is -2.37. The molecule has 2 saturated heterocycles. The molecule has 0 radical (unpaired) electrons. The molecule has 4 aromatic rings. The van der Waals surface area contributed by atoms with Crippen LogP contribution in [0.4, 0.5) is 0 Å². The predicted molar refractivity (Wildman–Crippen MR) is 138 cm³/mol. The number of aromatic nitrogens is 4. The van der Waals surface area contributed by atoms with Gasteiger partial charge in [-0.05, 0) is 24.3 Å². The van der Waals surface area contributed by atoms with Crippen LogP contribution in [0.25, 0.3) is 17.1 Å². The number of piperidine rings is 1. The van der Waals surface area contributed by atoms with E-state index in [4.69, 9.17) is 25.5 Å². The highest BCUT2D eigenvalue weighted by molar-refractivity contribution is 7.98. The molecule has 6 rings (SSSR count). The zero-order valence-electron chi connectivity index (χ0n) is 19.9. The van der Waals surface area contributed by atoms with Crippen LogP contribution in [0.2, 0.25) is 5.02 Å². The summed E-state index contributed by atoms with van der Waals surface area (Å²) < 4.78 is 19.1. The Morgan fingerprint density at radius 3 is 2.49 bits per heavy atom. The Balaban J connectivity index is 1.18. The zero-order valence-corrected chi connectivity index (χ0v) is 21.5. The smallest absolute Gasteiger partial charge is 0.275 e. The van der Waals surface area contributed by atoms with Crippen molar-refractivity contribution in [3.8, 4) is 17.1 Å². The predicted octanol–water partition coefficient (Wildman–Crippen LogP) is 4.85. The van der Waals surface area contributed by atoms with E-state index in [2.05, 4.69) is 15.2 Å². The van der Waals surface area contributed by atoms with Gasteiger partial charge in [-0.2, -0.15) is 0 Å². The van der Waals surface area contributed by atoms with Crippen LogP contribution in [0.5, 0.6) is 0 Å². The third kappa shape index (κ3) is 4.89. The maximum atomic E-state index is 13.0. The Bertz CT molecular complexity index is 1390. The number of benzene rings is 2. The van der Waals surface area contributed by atoms with E-state index in [1.165, 1.54) is 18.0 Å². The van der Waals surface area contributed by atoms with Gasteiger partial charge in [-0.3, -0.25) is 9.36 Å². The molecule has 37 heavy (non-hydrogen) atoms. The van der Waals surface area contributed by atoms with Crippen molar-refractivity contribution in [3.63, 3.8) is 0 Å². The third-order valence-electron chi connectivity index (χ3n) is 6.48. The van der Waals surface area contributed by atoms with Crippen LogP contribution >= 0.6 is 23.4 Å². The number of nitrogens with zero attached hydrogens (tertiary/aromatic N) is 5. The minimum atomic E-state index is -0.528. The van der Waals surface area contributed by atoms with E-state index in [-0.39, 0.29) is 5.91 Å². The van der Waals surface area contributed by atoms with Crippen LogP contribution in [0.3, 0.4) is 0 Å². The molecule has 2 aliphatic heterocycles. The molecule has 0 saturated carbocycles. The number of likely N-dealkylation sites (tertiary alicyclic amines) is 1. The van der Waals surface area contributed by atoms with E-state index in [0.717, 1.165) is 11.3 Å². The lowest BCUT2D eigenvalue weighted by molar-refractivity contribution is -0.181. The molecule has 2 aromatic carbocycles. The van der Waals surface area contributed by atoms with Crippen LogP contribution in [-0.4, -0.2) is 62.6 Å². The first kappa shape index (κ1) is 24.2. The van der Waals surface area contributed by atoms with E-state index in [0.29, 0.717) is 72.5 Å². The standard InChI is InChI=1S/C26H24ClN5O4S/c27-20-9-5-4-8-19(20)23-29-30-25(32(23)18-6-2-1-3-7-18)37-17-22-28-21(16-34-22)24(33)31-12-10-26(11-13-31)35-14-15-36-26/h1-9,16H,10-15,17H2. The van der Waals surface area contributed by atoms with Crippen LogP contribution in [0, 0.1) is 0 Å². The average Bonchev–Trinajstić information content (AvgIpc) is 3.69. The van der Waals surface area contributed by atoms with Crippen molar-refractivity contribution >= 4 is 29.3 Å². The molecule has 0 unspecified atom stereocenters. The number of amides is 1. The minimum Gasteiger partial charge on any atom is -0.447 e. The molecule has 0 bridgehead atoms. The number of halogens is 1. The van der Waals surface area contributed by atoms with Gasteiger partial charge in [0.1, 0.15) is 6.26 Å². The molecule has 2 aromatic heterocycles. The summed E-state index contributed by atoms with van der Waals surface area (Å²) in [4.78, 5) is 19.2. The Labute approximate surface area is 222 Å². The van der Waals surface area contributed by atoms with E-state index in [1.807, 2.05) is 59.2 Å². The third-order valence-corrected chi connectivity index (χ3v) is 7.73. The summed E-state index contributed by atoms with van der Waals surface area (Å²) in [6, 6.07) is 17.4. The summed E-state index contributed by atoms with van der Waals surface area (Å²) in [5.74, 6) is 0.777. The largest absolute Gasteiger partial charge is 0.447 e. The molecule has 0 atom stereocenters. The summed E-state index contributed by atoms with van der Waals surface area (Å²) in [5.41, 5.74) is 1.99. The summed E-state index contributed by atoms with van der Waals surface area (Å²) in [6.07, 6.45) is 2.73. The number of ether oxygens (including phenoxy) is 2. The fourth-order valence-electron chi connectivity index (χ4n) is 4.59. The van der Waals surface area contributed by atoms with E-state index in [1.54, 1.807) is 4.90 Å². The van der Waals surface area contributed by atoms with Crippen LogP contribution in [-0.2, 0) is 15.2 Å². The molecular weight excluding hydrogens is 514 g/mol. The van der Waals surface area contributed by atoms with E-state index < -0.39 is 5.79 Å². The number of hydrogen-bond acceptors (Lipinski definition) is 8. The van der Waals surface area contributed by atoms with Gasteiger partial charge in [0.2, 0.25) is 5.89 Å². The number of thioether (sulfide) groups is 1. The molecule has 0 aliphatic carbocycles. The number of para-hydroxylation sites is 1. The van der Waals surface area contributed by atoms with Gasteiger partial charge in [0.25, 0.3) is 5.91 Å². The molecule has 1 spiro atoms. The highest BCUT2D eigenvalue weighted by Crippen LogP contribution is 2.34. The maximum absolute atomic E-state index is 13.0. The van der Waals surface area contributed by atoms with Crippen molar-refractivity contribution < 1.29 is 18.7 Å². The number of carbonyl (C=O) groups is 1. The topological polar surface area (TPSA) is 95.5 Å². The van der Waals surface area contributed by atoms with Gasteiger partial charge in [0.15, 0.2) is 22.5 Å². The first-order valence-electron chi connectivity index (χ1n) is 12.0. The highest BCUT2D eigenvalue weighted by Gasteiger charge is 2.41. The van der Waals surface area contributed by atoms with Gasteiger partial charge < -0.3 is 18.8 Å². The number of rotatable bonds is 6. The van der Waals surface area contributed by atoms with E-state index >= 15 is 0 Å². The first-order chi connectivity index (χ1) is 18.1. The molecule has 9 nitrogen and oxygen atoms in total. The fraction of sp³-hybridized carbons (Fsp3) is 0.308. The van der Waals surface area contributed by atoms with E-state index in [9.17, 15) is 4.79 Å². The molecule has 11 heteroatoms. The second-order valence-corrected chi connectivity index (χ2v) is 10.1. The zero-order chi connectivity index (χ0) is 25.2. The van der Waals surface area contributed by atoms with Gasteiger partial charge in [-0.25, -0.2) is 4.98 Å². The van der Waals surface area contributed by atoms with Crippen molar-refractivity contribution in [1.29, 1.82) is 0 Å². The Morgan fingerprint density at radius 2 is 1.73 bits per heavy atom. The molecule has 190 valence electrons. The quantitative estimate of drug-likeness (QED) is 0.322. The molecule has 2 aliphatic rings. The van der Waals surface area contributed by atoms with Crippen LogP contribution in [0.1, 0.15) is 29.2 Å². The molecule has 1 amide bonds. The number of oxazole rings is 1. The lowest BCUT2D eigenvalue weighted by atomic mass is 10.0. The van der Waals surface area contributed by atoms with Gasteiger partial charge in [-0.15, -0.1) is 10.2 Å². The minimum absolute atomic E-state index is 0.152. The lowest BCUT2D eigenvalue weighted by Crippen LogP contribution is -2.47. The molecular formula is C26H24ClN5O4S. The van der Waals surface area contributed by atoms with Crippen molar-refractivity contribution in [2.45, 2.75) is 29.5 Å². The second-order valence-electron chi connectivity index (χ2n) is 8.77. The van der Waals surface area contributed by atoms with Crippen molar-refractivity contribution in [2.75, 3.05) is 26.3 Å². The number of hydrogen-bond donors (Lipinski definition) is 0. The van der Waals surface area contributed by atoms with Crippen molar-refractivity contribution in [2.24, 2.45) is 0 Å². The Kier molecular flexibility index (Phi) is 6.72. The first-order valence-corrected chi connectivity index (χ1v) is 13.4. The summed E-state index contributed by atoms with van der Waals surface area (Å²) in [7, 11) is 0. The summed E-state index contributed by atoms with van der Waals surface area (Å²) in [5, 5.41) is 10.1. The van der Waals surface area contributed by atoms with Gasteiger partial charge in [-0.1, -0.05) is 53.7 Å². The van der Waals surface area contributed by atoms with Crippen molar-refractivity contribution in [3.05, 3.63) is 77.5 Å². The highest BCUT2D eigenvalue weighted by atomic mass is 35.5. The average molecular weight is 538 g/mol. The van der Waals surface area contributed by atoms with Crippen LogP contribution < -0.4 is 0 Å². The molecule has 4 heterocycles. The summed E-state index contributed by atoms with van der Waals surface area (Å²) in [6.45, 7) is 2.33. The molecule has 2 fully saturated rings. The fourth-order valence-corrected chi connectivity index (χ4v) is 5.62. The maximum Gasteiger partial charge on any atom is 0.275 e.